The SMILES string of the molecule is COc1nc(-c2ccc(N(C)C3C[C@H]4CC[C@@H](C3)N4C)nn2)ccc1-c1cn(C)nn1. The monoisotopic (exact) mass is 420 g/mol. The van der Waals surface area contributed by atoms with Gasteiger partial charge in [-0.05, 0) is 57.0 Å². The number of rotatable bonds is 5. The first kappa shape index (κ1) is 19.9. The van der Waals surface area contributed by atoms with Crippen molar-refractivity contribution in [2.75, 3.05) is 26.1 Å². The van der Waals surface area contributed by atoms with Gasteiger partial charge in [-0.2, -0.15) is 0 Å². The summed E-state index contributed by atoms with van der Waals surface area (Å²) in [6.07, 6.45) is 6.84. The molecule has 31 heavy (non-hydrogen) atoms. The topological polar surface area (TPSA) is 85.1 Å². The number of anilines is 1. The molecule has 2 saturated heterocycles. The highest BCUT2D eigenvalue weighted by molar-refractivity contribution is 5.68. The molecule has 162 valence electrons. The Morgan fingerprint density at radius 1 is 0.935 bits per heavy atom. The molecule has 2 fully saturated rings. The molecule has 3 atom stereocenters. The molecule has 1 unspecified atom stereocenters. The van der Waals surface area contributed by atoms with E-state index in [2.05, 4.69) is 49.4 Å². The van der Waals surface area contributed by atoms with E-state index in [0.717, 1.165) is 11.4 Å². The minimum atomic E-state index is 0.489. The zero-order valence-electron chi connectivity index (χ0n) is 18.4. The summed E-state index contributed by atoms with van der Waals surface area (Å²) >= 11 is 0. The highest BCUT2D eigenvalue weighted by Gasteiger charge is 2.40. The second-order valence-corrected chi connectivity index (χ2v) is 8.59. The van der Waals surface area contributed by atoms with Crippen LogP contribution >= 0.6 is 0 Å². The van der Waals surface area contributed by atoms with E-state index in [4.69, 9.17) is 4.74 Å². The van der Waals surface area contributed by atoms with Gasteiger partial charge in [-0.3, -0.25) is 4.68 Å². The Morgan fingerprint density at radius 2 is 1.68 bits per heavy atom. The molecule has 2 aliphatic heterocycles. The largest absolute Gasteiger partial charge is 0.480 e. The Labute approximate surface area is 182 Å². The summed E-state index contributed by atoms with van der Waals surface area (Å²) in [7, 11) is 7.83. The minimum absolute atomic E-state index is 0.489. The number of hydrogen-bond donors (Lipinski definition) is 0. The molecule has 0 aromatic carbocycles. The third-order valence-electron chi connectivity index (χ3n) is 6.83. The maximum Gasteiger partial charge on any atom is 0.223 e. The third-order valence-corrected chi connectivity index (χ3v) is 6.83. The van der Waals surface area contributed by atoms with Gasteiger partial charge >= 0.3 is 0 Å². The van der Waals surface area contributed by atoms with Crippen molar-refractivity contribution in [3.8, 4) is 28.5 Å². The van der Waals surface area contributed by atoms with Crippen LogP contribution in [0.1, 0.15) is 25.7 Å². The molecule has 0 aliphatic carbocycles. The first-order chi connectivity index (χ1) is 15.0. The molecule has 3 aromatic heterocycles. The summed E-state index contributed by atoms with van der Waals surface area (Å²) in [5, 5.41) is 17.1. The van der Waals surface area contributed by atoms with Crippen molar-refractivity contribution >= 4 is 5.82 Å². The van der Waals surface area contributed by atoms with Gasteiger partial charge in [-0.1, -0.05) is 5.21 Å². The van der Waals surface area contributed by atoms with Crippen molar-refractivity contribution in [2.24, 2.45) is 7.05 Å². The fourth-order valence-electron chi connectivity index (χ4n) is 4.94. The highest BCUT2D eigenvalue weighted by Crippen LogP contribution is 2.37. The Kier molecular flexibility index (Phi) is 5.05. The zero-order valence-corrected chi connectivity index (χ0v) is 18.4. The van der Waals surface area contributed by atoms with E-state index in [1.54, 1.807) is 11.8 Å². The second kappa shape index (κ2) is 7.88. The van der Waals surface area contributed by atoms with Crippen LogP contribution in [0, 0.1) is 0 Å². The second-order valence-electron chi connectivity index (χ2n) is 8.59. The summed E-state index contributed by atoms with van der Waals surface area (Å²) in [6, 6.07) is 9.76. The molecule has 5 heterocycles. The highest BCUT2D eigenvalue weighted by atomic mass is 16.5. The predicted molar refractivity (Wildman–Crippen MR) is 118 cm³/mol. The zero-order chi connectivity index (χ0) is 21.5. The van der Waals surface area contributed by atoms with Gasteiger partial charge in [0, 0.05) is 32.2 Å². The van der Waals surface area contributed by atoms with Crippen LogP contribution in [0.5, 0.6) is 5.88 Å². The van der Waals surface area contributed by atoms with Gasteiger partial charge in [0.1, 0.15) is 11.4 Å². The van der Waals surface area contributed by atoms with Crippen molar-refractivity contribution in [1.82, 2.24) is 35.1 Å². The van der Waals surface area contributed by atoms with Crippen LogP contribution in [0.25, 0.3) is 22.6 Å². The Bertz CT molecular complexity index is 1050. The van der Waals surface area contributed by atoms with Crippen molar-refractivity contribution in [3.05, 3.63) is 30.5 Å². The predicted octanol–water partition coefficient (Wildman–Crippen LogP) is 2.40. The number of aryl methyl sites for hydroxylation is 1. The summed E-state index contributed by atoms with van der Waals surface area (Å²) in [5.74, 6) is 1.39. The molecule has 9 nitrogen and oxygen atoms in total. The average Bonchev–Trinajstić information content (AvgIpc) is 3.29. The fraction of sp³-hybridized carbons (Fsp3) is 0.500. The number of aromatic nitrogens is 6. The maximum absolute atomic E-state index is 5.50. The molecule has 0 N–H and O–H groups in total. The smallest absolute Gasteiger partial charge is 0.223 e. The molecule has 3 aromatic rings. The van der Waals surface area contributed by atoms with E-state index in [-0.39, 0.29) is 0 Å². The van der Waals surface area contributed by atoms with Crippen molar-refractivity contribution in [2.45, 2.75) is 43.8 Å². The van der Waals surface area contributed by atoms with Crippen molar-refractivity contribution < 1.29 is 4.74 Å². The Hall–Kier alpha value is -3.07. The van der Waals surface area contributed by atoms with Crippen LogP contribution in [0.4, 0.5) is 5.82 Å². The maximum atomic E-state index is 5.50. The van der Waals surface area contributed by atoms with Gasteiger partial charge in [0.05, 0.1) is 24.6 Å². The minimum Gasteiger partial charge on any atom is -0.480 e. The van der Waals surface area contributed by atoms with Crippen LogP contribution < -0.4 is 9.64 Å². The van der Waals surface area contributed by atoms with E-state index in [1.807, 2.05) is 37.5 Å². The first-order valence-electron chi connectivity index (χ1n) is 10.7. The number of hydrogen-bond acceptors (Lipinski definition) is 8. The lowest BCUT2D eigenvalue weighted by Gasteiger charge is -2.40. The number of nitrogens with zero attached hydrogens (tertiary/aromatic N) is 8. The van der Waals surface area contributed by atoms with E-state index in [0.29, 0.717) is 41.1 Å². The van der Waals surface area contributed by atoms with Gasteiger partial charge in [-0.15, -0.1) is 15.3 Å². The van der Waals surface area contributed by atoms with E-state index < -0.39 is 0 Å². The number of fused-ring (bicyclic) bond motifs is 2. The molecular weight excluding hydrogens is 392 g/mol. The lowest BCUT2D eigenvalue weighted by atomic mass is 9.97. The summed E-state index contributed by atoms with van der Waals surface area (Å²) in [4.78, 5) is 9.48. The van der Waals surface area contributed by atoms with Gasteiger partial charge in [0.2, 0.25) is 5.88 Å². The van der Waals surface area contributed by atoms with E-state index in [9.17, 15) is 0 Å². The van der Waals surface area contributed by atoms with Crippen molar-refractivity contribution in [1.29, 1.82) is 0 Å². The molecule has 2 bridgehead atoms. The van der Waals surface area contributed by atoms with E-state index >= 15 is 0 Å². The number of pyridine rings is 1. The fourth-order valence-corrected chi connectivity index (χ4v) is 4.94. The number of ether oxygens (including phenoxy) is 1. The van der Waals surface area contributed by atoms with Crippen molar-refractivity contribution in [3.63, 3.8) is 0 Å². The van der Waals surface area contributed by atoms with Gasteiger partial charge < -0.3 is 14.5 Å². The normalized spacial score (nSPS) is 23.2. The van der Waals surface area contributed by atoms with Gasteiger partial charge in [0.15, 0.2) is 5.82 Å². The molecule has 0 radical (unpaired) electrons. The van der Waals surface area contributed by atoms with Crippen LogP contribution in [-0.4, -0.2) is 74.4 Å². The van der Waals surface area contributed by atoms with Crippen LogP contribution in [0.2, 0.25) is 0 Å². The Morgan fingerprint density at radius 3 is 2.29 bits per heavy atom. The van der Waals surface area contributed by atoms with Gasteiger partial charge in [-0.25, -0.2) is 4.98 Å². The molecule has 0 spiro atoms. The van der Waals surface area contributed by atoms with Gasteiger partial charge in [0.25, 0.3) is 0 Å². The van der Waals surface area contributed by atoms with Crippen LogP contribution in [-0.2, 0) is 7.05 Å². The molecule has 2 aliphatic rings. The lowest BCUT2D eigenvalue weighted by Crippen LogP contribution is -2.48. The van der Waals surface area contributed by atoms with Crippen LogP contribution in [0.15, 0.2) is 30.5 Å². The Balaban J connectivity index is 1.35. The molecule has 0 amide bonds. The number of piperidine rings is 1. The third kappa shape index (κ3) is 3.63. The molecular formula is C22H28N8O. The summed E-state index contributed by atoms with van der Waals surface area (Å²) in [5.41, 5.74) is 2.93. The van der Waals surface area contributed by atoms with E-state index in [1.165, 1.54) is 25.7 Å². The average molecular weight is 421 g/mol. The first-order valence-corrected chi connectivity index (χ1v) is 10.7. The summed E-state index contributed by atoms with van der Waals surface area (Å²) in [6.45, 7) is 0. The van der Waals surface area contributed by atoms with Crippen LogP contribution in [0.3, 0.4) is 0 Å². The number of methoxy groups -OCH3 is 1. The lowest BCUT2D eigenvalue weighted by molar-refractivity contribution is 0.160. The standard InChI is InChI=1S/C22H28N8O/c1-28-13-20(25-27-28)17-7-8-18(23-22(17)31-4)19-9-10-21(26-24-19)30(3)16-11-14-5-6-15(12-16)29(14)2/h7-10,13-16H,5-6,11-12H2,1-4H3/t14-,15+,16?. The molecule has 0 saturated carbocycles. The molecule has 5 rings (SSSR count). The summed E-state index contributed by atoms with van der Waals surface area (Å²) < 4.78 is 7.15. The molecule has 9 heteroatoms. The quantitative estimate of drug-likeness (QED) is 0.622.